The quantitative estimate of drug-likeness (QED) is 0.409. The zero-order valence-corrected chi connectivity index (χ0v) is 12.9. The van der Waals surface area contributed by atoms with E-state index >= 15 is 0 Å². The number of benzene rings is 2. The molecule has 1 heterocycles. The summed E-state index contributed by atoms with van der Waals surface area (Å²) in [6.45, 7) is 0. The number of rotatable bonds is 5. The third kappa shape index (κ3) is 3.27. The molecular formula is C16H14N6O2. The van der Waals surface area contributed by atoms with Crippen molar-refractivity contribution in [2.45, 2.75) is 0 Å². The molecule has 1 aromatic heterocycles. The van der Waals surface area contributed by atoms with E-state index in [2.05, 4.69) is 15.3 Å². The van der Waals surface area contributed by atoms with Crippen molar-refractivity contribution in [1.82, 2.24) is 14.9 Å². The average Bonchev–Trinajstić information content (AvgIpc) is 3.13. The summed E-state index contributed by atoms with van der Waals surface area (Å²) in [6, 6.07) is 14.4. The highest BCUT2D eigenvalue weighted by Gasteiger charge is 2.18. The van der Waals surface area contributed by atoms with Crippen LogP contribution in [0.1, 0.15) is 5.56 Å². The largest absolute Gasteiger partial charge is 0.339 e. The minimum absolute atomic E-state index is 0.00839. The van der Waals surface area contributed by atoms with Crippen molar-refractivity contribution >= 4 is 23.3 Å². The molecule has 8 heteroatoms. The van der Waals surface area contributed by atoms with Gasteiger partial charge in [0.25, 0.3) is 5.69 Å². The number of aromatic nitrogens is 3. The Kier molecular flexibility index (Phi) is 4.28. The van der Waals surface area contributed by atoms with Gasteiger partial charge in [0.1, 0.15) is 18.3 Å². The van der Waals surface area contributed by atoms with Gasteiger partial charge in [-0.3, -0.25) is 10.1 Å². The van der Waals surface area contributed by atoms with Gasteiger partial charge in [-0.15, -0.1) is 10.2 Å². The van der Waals surface area contributed by atoms with Crippen LogP contribution in [0.25, 0.3) is 0 Å². The standard InChI is InChI=1S/C16H14N6O2/c1-20(14-5-3-2-4-6-14)15-8-7-13(9-16(15)22(23)24)10-19-21-11-17-18-12-21/h2-12H,1H3/b19-10-. The number of nitro groups is 1. The summed E-state index contributed by atoms with van der Waals surface area (Å²) < 4.78 is 1.41. The number of para-hydroxylation sites is 1. The number of nitro benzene ring substituents is 1. The third-order valence-electron chi connectivity index (χ3n) is 3.45. The molecule has 0 unspecified atom stereocenters. The summed E-state index contributed by atoms with van der Waals surface area (Å²) in [4.78, 5) is 12.8. The second-order valence-electron chi connectivity index (χ2n) is 4.99. The fourth-order valence-corrected chi connectivity index (χ4v) is 2.23. The molecular weight excluding hydrogens is 308 g/mol. The Balaban J connectivity index is 1.94. The molecule has 0 atom stereocenters. The lowest BCUT2D eigenvalue weighted by Crippen LogP contribution is -2.11. The molecule has 24 heavy (non-hydrogen) atoms. The molecule has 0 bridgehead atoms. The van der Waals surface area contributed by atoms with E-state index < -0.39 is 4.92 Å². The Morgan fingerprint density at radius 1 is 1.17 bits per heavy atom. The second kappa shape index (κ2) is 6.69. The molecule has 0 saturated heterocycles. The van der Waals surface area contributed by atoms with Gasteiger partial charge < -0.3 is 4.90 Å². The van der Waals surface area contributed by atoms with Crippen LogP contribution in [-0.2, 0) is 0 Å². The van der Waals surface area contributed by atoms with Gasteiger partial charge in [-0.05, 0) is 18.2 Å². The number of anilines is 2. The first-order valence-electron chi connectivity index (χ1n) is 7.11. The molecule has 3 rings (SSSR count). The molecule has 3 aromatic rings. The Hall–Kier alpha value is -3.55. The van der Waals surface area contributed by atoms with Crippen LogP contribution in [0, 0.1) is 10.1 Å². The molecule has 0 aliphatic heterocycles. The predicted octanol–water partition coefficient (Wildman–Crippen LogP) is 2.84. The van der Waals surface area contributed by atoms with Crippen LogP contribution in [0.4, 0.5) is 17.1 Å². The molecule has 2 aromatic carbocycles. The molecule has 0 fully saturated rings. The van der Waals surface area contributed by atoms with E-state index in [1.807, 2.05) is 30.3 Å². The summed E-state index contributed by atoms with van der Waals surface area (Å²) in [5.41, 5.74) is 1.99. The zero-order valence-electron chi connectivity index (χ0n) is 12.9. The van der Waals surface area contributed by atoms with E-state index in [1.54, 1.807) is 24.1 Å². The van der Waals surface area contributed by atoms with Crippen LogP contribution in [0.3, 0.4) is 0 Å². The van der Waals surface area contributed by atoms with Gasteiger partial charge in [0.05, 0.1) is 11.1 Å². The van der Waals surface area contributed by atoms with Gasteiger partial charge in [0.15, 0.2) is 0 Å². The van der Waals surface area contributed by atoms with E-state index in [1.165, 1.54) is 29.6 Å². The Morgan fingerprint density at radius 3 is 2.54 bits per heavy atom. The van der Waals surface area contributed by atoms with Crippen molar-refractivity contribution in [2.24, 2.45) is 5.10 Å². The number of hydrogen-bond acceptors (Lipinski definition) is 6. The molecule has 8 nitrogen and oxygen atoms in total. The molecule has 0 amide bonds. The maximum atomic E-state index is 11.5. The molecule has 0 radical (unpaired) electrons. The second-order valence-corrected chi connectivity index (χ2v) is 4.99. The van der Waals surface area contributed by atoms with Gasteiger partial charge in [0.2, 0.25) is 0 Å². The Morgan fingerprint density at radius 2 is 1.88 bits per heavy atom. The monoisotopic (exact) mass is 322 g/mol. The molecule has 0 aliphatic rings. The topological polar surface area (TPSA) is 89.5 Å². The SMILES string of the molecule is CN(c1ccccc1)c1ccc(/C=N\n2cnnc2)cc1[N+](=O)[O-]. The van der Waals surface area contributed by atoms with Crippen molar-refractivity contribution in [1.29, 1.82) is 0 Å². The van der Waals surface area contributed by atoms with Crippen molar-refractivity contribution in [3.8, 4) is 0 Å². The maximum Gasteiger partial charge on any atom is 0.293 e. The van der Waals surface area contributed by atoms with Gasteiger partial charge in [-0.2, -0.15) is 5.10 Å². The molecule has 120 valence electrons. The first-order valence-corrected chi connectivity index (χ1v) is 7.11. The smallest absolute Gasteiger partial charge is 0.293 e. The maximum absolute atomic E-state index is 11.5. The highest BCUT2D eigenvalue weighted by Crippen LogP contribution is 2.32. The van der Waals surface area contributed by atoms with Gasteiger partial charge in [0, 0.05) is 24.4 Å². The van der Waals surface area contributed by atoms with Crippen LogP contribution in [0.5, 0.6) is 0 Å². The minimum Gasteiger partial charge on any atom is -0.339 e. The van der Waals surface area contributed by atoms with E-state index in [-0.39, 0.29) is 5.69 Å². The summed E-state index contributed by atoms with van der Waals surface area (Å²) in [6.07, 6.45) is 4.38. The van der Waals surface area contributed by atoms with E-state index in [9.17, 15) is 10.1 Å². The normalized spacial score (nSPS) is 10.9. The Bertz CT molecular complexity index is 862. The predicted molar refractivity (Wildman–Crippen MR) is 90.6 cm³/mol. The van der Waals surface area contributed by atoms with E-state index in [0.717, 1.165) is 5.69 Å². The average molecular weight is 322 g/mol. The van der Waals surface area contributed by atoms with Gasteiger partial charge in [-0.1, -0.05) is 24.3 Å². The fourth-order valence-electron chi connectivity index (χ4n) is 2.23. The lowest BCUT2D eigenvalue weighted by atomic mass is 10.1. The van der Waals surface area contributed by atoms with Gasteiger partial charge in [-0.25, -0.2) is 4.68 Å². The van der Waals surface area contributed by atoms with Gasteiger partial charge >= 0.3 is 0 Å². The molecule has 0 saturated carbocycles. The van der Waals surface area contributed by atoms with Crippen molar-refractivity contribution in [3.05, 3.63) is 76.9 Å². The van der Waals surface area contributed by atoms with E-state index in [4.69, 9.17) is 0 Å². The summed E-state index contributed by atoms with van der Waals surface area (Å²) in [5.74, 6) is 0. The summed E-state index contributed by atoms with van der Waals surface area (Å²) in [5, 5.41) is 22.8. The van der Waals surface area contributed by atoms with Crippen LogP contribution < -0.4 is 4.90 Å². The van der Waals surface area contributed by atoms with Crippen molar-refractivity contribution in [2.75, 3.05) is 11.9 Å². The molecule has 0 aliphatic carbocycles. The van der Waals surface area contributed by atoms with Crippen LogP contribution >= 0.6 is 0 Å². The first kappa shape index (κ1) is 15.3. The first-order chi connectivity index (χ1) is 11.6. The minimum atomic E-state index is -0.398. The Labute approximate surface area is 137 Å². The van der Waals surface area contributed by atoms with E-state index in [0.29, 0.717) is 11.3 Å². The zero-order chi connectivity index (χ0) is 16.9. The summed E-state index contributed by atoms with van der Waals surface area (Å²) >= 11 is 0. The van der Waals surface area contributed by atoms with Crippen LogP contribution in [0.2, 0.25) is 0 Å². The fraction of sp³-hybridized carbons (Fsp3) is 0.0625. The number of hydrogen-bond donors (Lipinski definition) is 0. The van der Waals surface area contributed by atoms with Crippen molar-refractivity contribution < 1.29 is 4.92 Å². The van der Waals surface area contributed by atoms with Crippen molar-refractivity contribution in [3.63, 3.8) is 0 Å². The highest BCUT2D eigenvalue weighted by molar-refractivity contribution is 5.84. The lowest BCUT2D eigenvalue weighted by molar-refractivity contribution is -0.384. The molecule has 0 spiro atoms. The summed E-state index contributed by atoms with van der Waals surface area (Å²) in [7, 11) is 1.79. The lowest BCUT2D eigenvalue weighted by Gasteiger charge is -2.19. The van der Waals surface area contributed by atoms with Crippen LogP contribution in [-0.4, -0.2) is 33.1 Å². The highest BCUT2D eigenvalue weighted by atomic mass is 16.6. The third-order valence-corrected chi connectivity index (χ3v) is 3.45. The van der Waals surface area contributed by atoms with Crippen LogP contribution in [0.15, 0.2) is 66.3 Å². The molecule has 0 N–H and O–H groups in total. The number of nitrogens with zero attached hydrogens (tertiary/aromatic N) is 6.